The smallest absolute Gasteiger partial charge is 0.254 e. The van der Waals surface area contributed by atoms with Crippen molar-refractivity contribution in [1.29, 1.82) is 0 Å². The molecule has 1 saturated heterocycles. The Labute approximate surface area is 185 Å². The molecule has 0 bridgehead atoms. The summed E-state index contributed by atoms with van der Waals surface area (Å²) in [6.45, 7) is 6.32. The van der Waals surface area contributed by atoms with Crippen LogP contribution in [0.4, 0.5) is 0 Å². The molecule has 1 amide bonds. The van der Waals surface area contributed by atoms with Gasteiger partial charge in [0.2, 0.25) is 11.7 Å². The highest BCUT2D eigenvalue weighted by Gasteiger charge is 2.23. The van der Waals surface area contributed by atoms with Gasteiger partial charge in [-0.2, -0.15) is 4.98 Å². The first-order valence-electron chi connectivity index (χ1n) is 10.2. The average Bonchev–Trinajstić information content (AvgIpc) is 3.46. The Kier molecular flexibility index (Phi) is 6.86. The van der Waals surface area contributed by atoms with Crippen LogP contribution in [-0.2, 0) is 6.42 Å². The lowest BCUT2D eigenvalue weighted by Gasteiger charge is -2.35. The maximum Gasteiger partial charge on any atom is 0.254 e. The Hall–Kier alpha value is -2.16. The van der Waals surface area contributed by atoms with Gasteiger partial charge in [-0.1, -0.05) is 17.3 Å². The normalized spacial score (nSPS) is 14.9. The molecule has 30 heavy (non-hydrogen) atoms. The zero-order valence-electron chi connectivity index (χ0n) is 17.3. The molecule has 3 aromatic rings. The number of aryl methyl sites for hydroxylation is 2. The lowest BCUT2D eigenvalue weighted by Crippen LogP contribution is -2.49. The van der Waals surface area contributed by atoms with Gasteiger partial charge in [0.15, 0.2) is 0 Å². The third kappa shape index (κ3) is 4.94. The molecule has 1 fully saturated rings. The summed E-state index contributed by atoms with van der Waals surface area (Å²) in [4.78, 5) is 24.0. The van der Waals surface area contributed by atoms with Gasteiger partial charge in [-0.05, 0) is 55.3 Å². The van der Waals surface area contributed by atoms with Gasteiger partial charge in [-0.3, -0.25) is 9.69 Å². The molecule has 158 valence electrons. The fourth-order valence-electron chi connectivity index (χ4n) is 3.62. The van der Waals surface area contributed by atoms with Gasteiger partial charge in [0.25, 0.3) is 5.91 Å². The predicted molar refractivity (Wildman–Crippen MR) is 121 cm³/mol. The Balaban J connectivity index is 1.24. The fourth-order valence-corrected chi connectivity index (χ4v) is 4.71. The van der Waals surface area contributed by atoms with Crippen LogP contribution in [0.15, 0.2) is 45.1 Å². The largest absolute Gasteiger partial charge is 0.339 e. The van der Waals surface area contributed by atoms with Crippen LogP contribution >= 0.6 is 23.1 Å². The van der Waals surface area contributed by atoms with Crippen molar-refractivity contribution in [3.8, 4) is 10.7 Å². The van der Waals surface area contributed by atoms with E-state index in [-0.39, 0.29) is 5.91 Å². The average molecular weight is 443 g/mol. The monoisotopic (exact) mass is 442 g/mol. The summed E-state index contributed by atoms with van der Waals surface area (Å²) in [5.41, 5.74) is 1.87. The first kappa shape index (κ1) is 21.1. The summed E-state index contributed by atoms with van der Waals surface area (Å²) in [6, 6.07) is 10.1. The van der Waals surface area contributed by atoms with Crippen molar-refractivity contribution in [2.45, 2.75) is 24.7 Å². The number of rotatable bonds is 7. The van der Waals surface area contributed by atoms with Crippen molar-refractivity contribution < 1.29 is 9.32 Å². The number of carbonyl (C=O) groups is 1. The lowest BCUT2D eigenvalue weighted by molar-refractivity contribution is 0.0634. The summed E-state index contributed by atoms with van der Waals surface area (Å²) in [5.74, 6) is 1.51. The van der Waals surface area contributed by atoms with Crippen molar-refractivity contribution in [3.63, 3.8) is 0 Å². The van der Waals surface area contributed by atoms with E-state index < -0.39 is 0 Å². The van der Waals surface area contributed by atoms with Crippen molar-refractivity contribution in [2.75, 3.05) is 39.0 Å². The predicted octanol–water partition coefficient (Wildman–Crippen LogP) is 4.22. The van der Waals surface area contributed by atoms with E-state index in [0.29, 0.717) is 11.7 Å². The Morgan fingerprint density at radius 3 is 2.80 bits per heavy atom. The molecule has 3 heterocycles. The Morgan fingerprint density at radius 2 is 2.07 bits per heavy atom. The number of hydrogen-bond donors (Lipinski definition) is 0. The number of benzene rings is 1. The summed E-state index contributed by atoms with van der Waals surface area (Å²) in [5, 5.41) is 6.08. The second-order valence-corrected chi connectivity index (χ2v) is 9.23. The van der Waals surface area contributed by atoms with Crippen LogP contribution in [0.1, 0.15) is 28.2 Å². The van der Waals surface area contributed by atoms with Gasteiger partial charge in [0, 0.05) is 43.1 Å². The Bertz CT molecular complexity index is 979. The molecule has 0 aliphatic carbocycles. The van der Waals surface area contributed by atoms with Gasteiger partial charge in [-0.15, -0.1) is 23.1 Å². The van der Waals surface area contributed by atoms with Gasteiger partial charge >= 0.3 is 0 Å². The molecule has 8 heteroatoms. The van der Waals surface area contributed by atoms with Crippen LogP contribution in [0, 0.1) is 6.92 Å². The molecule has 0 atom stereocenters. The number of amides is 1. The molecular weight excluding hydrogens is 416 g/mol. The van der Waals surface area contributed by atoms with E-state index in [1.807, 2.05) is 47.7 Å². The summed E-state index contributed by atoms with van der Waals surface area (Å²) >= 11 is 3.28. The highest BCUT2D eigenvalue weighted by molar-refractivity contribution is 7.98. The van der Waals surface area contributed by atoms with E-state index in [0.717, 1.165) is 66.5 Å². The zero-order chi connectivity index (χ0) is 20.9. The molecular formula is C22H26N4O2S2. The molecule has 0 N–H and O–H groups in total. The van der Waals surface area contributed by atoms with Gasteiger partial charge in [-0.25, -0.2) is 0 Å². The third-order valence-electron chi connectivity index (χ3n) is 5.41. The van der Waals surface area contributed by atoms with Crippen LogP contribution < -0.4 is 0 Å². The molecule has 1 aliphatic heterocycles. The summed E-state index contributed by atoms with van der Waals surface area (Å²) in [7, 11) is 0. The van der Waals surface area contributed by atoms with Crippen molar-refractivity contribution >= 4 is 29.0 Å². The number of thiophene rings is 1. The number of carbonyl (C=O) groups excluding carboxylic acids is 1. The van der Waals surface area contributed by atoms with Gasteiger partial charge in [0.1, 0.15) is 0 Å². The summed E-state index contributed by atoms with van der Waals surface area (Å²) < 4.78 is 5.38. The van der Waals surface area contributed by atoms with Crippen molar-refractivity contribution in [1.82, 2.24) is 19.9 Å². The molecule has 0 unspecified atom stereocenters. The number of nitrogens with zero attached hydrogens (tertiary/aromatic N) is 4. The SMILES string of the molecule is CSc1ccc(C)c(C(=O)N2CCN(CCCc3nc(-c4cccs4)no3)CC2)c1. The molecule has 6 nitrogen and oxygen atoms in total. The number of hydrogen-bond acceptors (Lipinski definition) is 7. The second kappa shape index (κ2) is 9.76. The molecule has 1 aromatic carbocycles. The fraction of sp³-hybridized carbons (Fsp3) is 0.409. The molecule has 4 rings (SSSR count). The van der Waals surface area contributed by atoms with E-state index in [9.17, 15) is 4.79 Å². The van der Waals surface area contributed by atoms with Gasteiger partial charge < -0.3 is 9.42 Å². The van der Waals surface area contributed by atoms with Crippen molar-refractivity contribution in [2.24, 2.45) is 0 Å². The van der Waals surface area contributed by atoms with E-state index in [1.54, 1.807) is 23.1 Å². The highest BCUT2D eigenvalue weighted by atomic mass is 32.2. The molecule has 2 aromatic heterocycles. The van der Waals surface area contributed by atoms with Crippen LogP contribution in [0.25, 0.3) is 10.7 Å². The van der Waals surface area contributed by atoms with Crippen LogP contribution in [0.5, 0.6) is 0 Å². The topological polar surface area (TPSA) is 62.5 Å². The molecule has 0 spiro atoms. The lowest BCUT2D eigenvalue weighted by atomic mass is 10.1. The first-order valence-corrected chi connectivity index (χ1v) is 12.3. The maximum absolute atomic E-state index is 13.0. The Morgan fingerprint density at radius 1 is 1.23 bits per heavy atom. The molecule has 0 radical (unpaired) electrons. The maximum atomic E-state index is 13.0. The first-order chi connectivity index (χ1) is 14.6. The third-order valence-corrected chi connectivity index (χ3v) is 7.00. The van der Waals surface area contributed by atoms with E-state index in [1.165, 1.54) is 0 Å². The molecule has 1 aliphatic rings. The van der Waals surface area contributed by atoms with Crippen LogP contribution in [0.3, 0.4) is 0 Å². The number of thioether (sulfide) groups is 1. The van der Waals surface area contributed by atoms with Crippen molar-refractivity contribution in [3.05, 3.63) is 52.7 Å². The molecule has 0 saturated carbocycles. The van der Waals surface area contributed by atoms with Crippen LogP contribution in [0.2, 0.25) is 0 Å². The van der Waals surface area contributed by atoms with E-state index >= 15 is 0 Å². The number of aromatic nitrogens is 2. The standard InChI is InChI=1S/C22H26N4O2S2/c1-16-7-8-17(29-2)15-18(16)22(27)26-12-10-25(11-13-26)9-3-6-20-23-21(24-28-20)19-5-4-14-30-19/h4-5,7-8,14-15H,3,6,9-13H2,1-2H3. The minimum absolute atomic E-state index is 0.148. The zero-order valence-corrected chi connectivity index (χ0v) is 19.0. The van der Waals surface area contributed by atoms with Gasteiger partial charge in [0.05, 0.1) is 4.88 Å². The quantitative estimate of drug-likeness (QED) is 0.511. The number of piperazine rings is 1. The second-order valence-electron chi connectivity index (χ2n) is 7.41. The summed E-state index contributed by atoms with van der Waals surface area (Å²) in [6.07, 6.45) is 3.78. The highest BCUT2D eigenvalue weighted by Crippen LogP contribution is 2.22. The minimum atomic E-state index is 0.148. The minimum Gasteiger partial charge on any atom is -0.339 e. The van der Waals surface area contributed by atoms with E-state index in [2.05, 4.69) is 21.1 Å². The van der Waals surface area contributed by atoms with E-state index in [4.69, 9.17) is 4.52 Å². The van der Waals surface area contributed by atoms with Crippen LogP contribution in [-0.4, -0.2) is 64.8 Å².